The minimum atomic E-state index is 0.744. The van der Waals surface area contributed by atoms with E-state index in [4.69, 9.17) is 11.6 Å². The van der Waals surface area contributed by atoms with Gasteiger partial charge >= 0.3 is 0 Å². The first-order chi connectivity index (χ1) is 9.22. The van der Waals surface area contributed by atoms with Crippen molar-refractivity contribution in [2.75, 3.05) is 5.32 Å². The van der Waals surface area contributed by atoms with Crippen molar-refractivity contribution in [1.82, 2.24) is 0 Å². The van der Waals surface area contributed by atoms with Crippen LogP contribution in [0, 0.1) is 0 Å². The van der Waals surface area contributed by atoms with Gasteiger partial charge in [0, 0.05) is 21.7 Å². The molecule has 0 radical (unpaired) electrons. The summed E-state index contributed by atoms with van der Waals surface area (Å²) in [6.45, 7) is 0.834. The van der Waals surface area contributed by atoms with E-state index in [-0.39, 0.29) is 0 Å². The average molecular weight is 337 g/mol. The molecule has 1 fully saturated rings. The lowest BCUT2D eigenvalue weighted by Gasteiger charge is -2.10. The molecule has 1 aliphatic carbocycles. The number of hydrogen-bond acceptors (Lipinski definition) is 1. The molecule has 0 spiro atoms. The molecular weight excluding hydrogens is 322 g/mol. The molecule has 1 saturated carbocycles. The molecular formula is C16H15BrClN. The molecule has 0 aliphatic heterocycles. The standard InChI is InChI=1S/C16H15BrClN/c17-15-9-14(18)6-7-16(15)19-10-11-2-1-3-13(8-11)12-4-5-12/h1-3,6-9,12,19H,4-5,10H2. The zero-order valence-corrected chi connectivity index (χ0v) is 12.8. The molecule has 0 atom stereocenters. The van der Waals surface area contributed by atoms with Crippen molar-refractivity contribution in [2.24, 2.45) is 0 Å². The van der Waals surface area contributed by atoms with Crippen LogP contribution in [0.3, 0.4) is 0 Å². The smallest absolute Gasteiger partial charge is 0.0488 e. The van der Waals surface area contributed by atoms with E-state index in [9.17, 15) is 0 Å². The van der Waals surface area contributed by atoms with Crippen LogP contribution < -0.4 is 5.32 Å². The molecule has 98 valence electrons. The second kappa shape index (κ2) is 5.56. The third kappa shape index (κ3) is 3.31. The van der Waals surface area contributed by atoms with Crippen molar-refractivity contribution in [3.8, 4) is 0 Å². The molecule has 1 aliphatic rings. The number of halogens is 2. The molecule has 19 heavy (non-hydrogen) atoms. The lowest BCUT2D eigenvalue weighted by Crippen LogP contribution is -2.00. The summed E-state index contributed by atoms with van der Waals surface area (Å²) < 4.78 is 0.998. The van der Waals surface area contributed by atoms with E-state index in [1.54, 1.807) is 0 Å². The molecule has 0 unspecified atom stereocenters. The fourth-order valence-electron chi connectivity index (χ4n) is 2.20. The van der Waals surface area contributed by atoms with Gasteiger partial charge < -0.3 is 5.32 Å². The van der Waals surface area contributed by atoms with Crippen molar-refractivity contribution in [3.05, 3.63) is 63.1 Å². The minimum Gasteiger partial charge on any atom is -0.380 e. The highest BCUT2D eigenvalue weighted by molar-refractivity contribution is 9.10. The van der Waals surface area contributed by atoms with E-state index in [2.05, 4.69) is 45.5 Å². The first-order valence-electron chi connectivity index (χ1n) is 6.50. The zero-order valence-electron chi connectivity index (χ0n) is 10.5. The highest BCUT2D eigenvalue weighted by Crippen LogP contribution is 2.40. The number of benzene rings is 2. The summed E-state index contributed by atoms with van der Waals surface area (Å²) in [5.74, 6) is 0.808. The van der Waals surface area contributed by atoms with Crippen LogP contribution in [-0.4, -0.2) is 0 Å². The number of nitrogens with one attached hydrogen (secondary N) is 1. The molecule has 3 rings (SSSR count). The van der Waals surface area contributed by atoms with E-state index >= 15 is 0 Å². The molecule has 2 aromatic rings. The monoisotopic (exact) mass is 335 g/mol. The quantitative estimate of drug-likeness (QED) is 0.767. The average Bonchev–Trinajstić information content (AvgIpc) is 3.22. The summed E-state index contributed by atoms with van der Waals surface area (Å²) in [5.41, 5.74) is 3.88. The highest BCUT2D eigenvalue weighted by atomic mass is 79.9. The molecule has 0 saturated heterocycles. The van der Waals surface area contributed by atoms with Crippen LogP contribution >= 0.6 is 27.5 Å². The van der Waals surface area contributed by atoms with Gasteiger partial charge in [-0.25, -0.2) is 0 Å². The molecule has 1 nitrogen and oxygen atoms in total. The Labute approximate surface area is 127 Å². The Kier molecular flexibility index (Phi) is 3.81. The Morgan fingerprint density at radius 3 is 2.74 bits per heavy atom. The highest BCUT2D eigenvalue weighted by Gasteiger charge is 2.23. The van der Waals surface area contributed by atoms with Crippen LogP contribution in [0.4, 0.5) is 5.69 Å². The Bertz CT molecular complexity index is 593. The van der Waals surface area contributed by atoms with Crippen LogP contribution in [0.5, 0.6) is 0 Å². The van der Waals surface area contributed by atoms with Gasteiger partial charge in [0.1, 0.15) is 0 Å². The summed E-state index contributed by atoms with van der Waals surface area (Å²) in [5, 5.41) is 4.18. The van der Waals surface area contributed by atoms with E-state index < -0.39 is 0 Å². The zero-order chi connectivity index (χ0) is 13.2. The summed E-state index contributed by atoms with van der Waals surface area (Å²) in [6.07, 6.45) is 2.69. The van der Waals surface area contributed by atoms with Gasteiger partial charge in [-0.15, -0.1) is 0 Å². The predicted octanol–water partition coefficient (Wildman–Crippen LogP) is 5.59. The second-order valence-corrected chi connectivity index (χ2v) is 6.29. The van der Waals surface area contributed by atoms with Gasteiger partial charge in [-0.05, 0) is 64.0 Å². The first kappa shape index (κ1) is 13.0. The van der Waals surface area contributed by atoms with Crippen molar-refractivity contribution in [3.63, 3.8) is 0 Å². The lowest BCUT2D eigenvalue weighted by molar-refractivity contribution is 1.08. The molecule has 1 N–H and O–H groups in total. The molecule has 0 bridgehead atoms. The van der Waals surface area contributed by atoms with E-state index in [1.165, 1.54) is 24.0 Å². The van der Waals surface area contributed by atoms with Crippen LogP contribution in [0.25, 0.3) is 0 Å². The van der Waals surface area contributed by atoms with Crippen molar-refractivity contribution < 1.29 is 0 Å². The summed E-state index contributed by atoms with van der Waals surface area (Å²) in [7, 11) is 0. The van der Waals surface area contributed by atoms with Crippen molar-refractivity contribution in [2.45, 2.75) is 25.3 Å². The van der Waals surface area contributed by atoms with Gasteiger partial charge in [0.15, 0.2) is 0 Å². The summed E-state index contributed by atoms with van der Waals surface area (Å²) >= 11 is 9.46. The van der Waals surface area contributed by atoms with Crippen LogP contribution in [-0.2, 0) is 6.54 Å². The Hall–Kier alpha value is -0.990. The summed E-state index contributed by atoms with van der Waals surface area (Å²) in [4.78, 5) is 0. The fraction of sp³-hybridized carbons (Fsp3) is 0.250. The molecule has 2 aromatic carbocycles. The van der Waals surface area contributed by atoms with E-state index in [0.717, 1.165) is 27.6 Å². The van der Waals surface area contributed by atoms with Crippen LogP contribution in [0.2, 0.25) is 5.02 Å². The van der Waals surface area contributed by atoms with E-state index in [0.29, 0.717) is 0 Å². The minimum absolute atomic E-state index is 0.744. The number of hydrogen-bond donors (Lipinski definition) is 1. The maximum Gasteiger partial charge on any atom is 0.0488 e. The first-order valence-corrected chi connectivity index (χ1v) is 7.67. The molecule has 0 aromatic heterocycles. The second-order valence-electron chi connectivity index (χ2n) is 5.00. The Balaban J connectivity index is 1.69. The molecule has 0 amide bonds. The maximum absolute atomic E-state index is 5.94. The Morgan fingerprint density at radius 2 is 2.00 bits per heavy atom. The largest absolute Gasteiger partial charge is 0.380 e. The van der Waals surface area contributed by atoms with Gasteiger partial charge in [-0.3, -0.25) is 0 Å². The van der Waals surface area contributed by atoms with Gasteiger partial charge in [0.25, 0.3) is 0 Å². The van der Waals surface area contributed by atoms with E-state index in [1.807, 2.05) is 18.2 Å². The lowest BCUT2D eigenvalue weighted by atomic mass is 10.1. The van der Waals surface area contributed by atoms with Crippen molar-refractivity contribution in [1.29, 1.82) is 0 Å². The molecule has 0 heterocycles. The SMILES string of the molecule is Clc1ccc(NCc2cccc(C3CC3)c2)c(Br)c1. The van der Waals surface area contributed by atoms with Gasteiger partial charge in [0.05, 0.1) is 0 Å². The Morgan fingerprint density at radius 1 is 1.16 bits per heavy atom. The summed E-state index contributed by atoms with van der Waals surface area (Å²) in [6, 6.07) is 14.7. The van der Waals surface area contributed by atoms with Gasteiger partial charge in [0.2, 0.25) is 0 Å². The van der Waals surface area contributed by atoms with Crippen LogP contribution in [0.15, 0.2) is 46.9 Å². The predicted molar refractivity (Wildman–Crippen MR) is 84.9 cm³/mol. The fourth-order valence-corrected chi connectivity index (χ4v) is 3.03. The van der Waals surface area contributed by atoms with Gasteiger partial charge in [-0.2, -0.15) is 0 Å². The number of anilines is 1. The van der Waals surface area contributed by atoms with Crippen molar-refractivity contribution >= 4 is 33.2 Å². The third-order valence-corrected chi connectivity index (χ3v) is 4.31. The van der Waals surface area contributed by atoms with Crippen LogP contribution in [0.1, 0.15) is 29.9 Å². The van der Waals surface area contributed by atoms with Gasteiger partial charge in [-0.1, -0.05) is 35.9 Å². The topological polar surface area (TPSA) is 12.0 Å². The molecule has 3 heteroatoms. The normalized spacial score (nSPS) is 14.4. The maximum atomic E-state index is 5.94. The third-order valence-electron chi connectivity index (χ3n) is 3.41. The number of rotatable bonds is 4.